The Labute approximate surface area is 96.0 Å². The highest BCUT2D eigenvalue weighted by molar-refractivity contribution is 7.09. The summed E-state index contributed by atoms with van der Waals surface area (Å²) < 4.78 is 13.2. The third-order valence-electron chi connectivity index (χ3n) is 2.00. The predicted molar refractivity (Wildman–Crippen MR) is 59.1 cm³/mol. The highest BCUT2D eigenvalue weighted by Crippen LogP contribution is 2.13. The molecule has 2 heterocycles. The van der Waals surface area contributed by atoms with Gasteiger partial charge in [-0.3, -0.25) is 9.78 Å². The number of aromatic nitrogens is 2. The van der Waals surface area contributed by atoms with Gasteiger partial charge in [-0.25, -0.2) is 9.37 Å². The van der Waals surface area contributed by atoms with Crippen molar-refractivity contribution in [3.8, 4) is 0 Å². The van der Waals surface area contributed by atoms with Crippen LogP contribution in [0.5, 0.6) is 0 Å². The van der Waals surface area contributed by atoms with Gasteiger partial charge in [-0.05, 0) is 19.1 Å². The summed E-state index contributed by atoms with van der Waals surface area (Å²) in [7, 11) is 0. The molecule has 2 aromatic rings. The zero-order valence-corrected chi connectivity index (χ0v) is 9.42. The number of carbonyl (C=O) groups is 1. The first-order chi connectivity index (χ1) is 7.66. The number of aryl methyl sites for hydroxylation is 1. The minimum Gasteiger partial charge on any atom is -0.292 e. The summed E-state index contributed by atoms with van der Waals surface area (Å²) in [4.78, 5) is 19.6. The zero-order chi connectivity index (χ0) is 11.5. The number of nitrogens with zero attached hydrogens (tertiary/aromatic N) is 2. The molecule has 0 fully saturated rings. The Morgan fingerprint density at radius 1 is 1.56 bits per heavy atom. The molecule has 3 nitrogen and oxygen atoms in total. The predicted octanol–water partition coefficient (Wildman–Crippen LogP) is 2.41. The van der Waals surface area contributed by atoms with E-state index in [0.717, 1.165) is 5.69 Å². The van der Waals surface area contributed by atoms with Crippen LogP contribution >= 0.6 is 11.3 Å². The summed E-state index contributed by atoms with van der Waals surface area (Å²) in [5.74, 6) is -0.923. The minimum atomic E-state index is -0.583. The van der Waals surface area contributed by atoms with Crippen LogP contribution in [-0.2, 0) is 6.42 Å². The average Bonchev–Trinajstić information content (AvgIpc) is 2.64. The summed E-state index contributed by atoms with van der Waals surface area (Å²) in [5.41, 5.74) is 0.754. The molecule has 0 amide bonds. The van der Waals surface area contributed by atoms with Crippen molar-refractivity contribution in [3.05, 3.63) is 45.9 Å². The quantitative estimate of drug-likeness (QED) is 0.768. The molecule has 2 aromatic heterocycles. The fourth-order valence-corrected chi connectivity index (χ4v) is 2.07. The second-order valence-electron chi connectivity index (χ2n) is 3.32. The number of Topliss-reactive ketones (excluding diaryl/α,β-unsaturated/α-hetero) is 1. The van der Waals surface area contributed by atoms with Gasteiger partial charge in [0.05, 0.1) is 6.42 Å². The first-order valence-corrected chi connectivity index (χ1v) is 5.59. The van der Waals surface area contributed by atoms with Crippen molar-refractivity contribution in [1.82, 2.24) is 9.97 Å². The van der Waals surface area contributed by atoms with Gasteiger partial charge < -0.3 is 0 Å². The summed E-state index contributed by atoms with van der Waals surface area (Å²) in [5, 5.41) is 2.55. The van der Waals surface area contributed by atoms with Crippen LogP contribution in [0.2, 0.25) is 0 Å². The van der Waals surface area contributed by atoms with E-state index in [9.17, 15) is 9.18 Å². The highest BCUT2D eigenvalue weighted by Gasteiger charge is 2.14. The van der Waals surface area contributed by atoms with Crippen LogP contribution in [0.4, 0.5) is 4.39 Å². The molecule has 82 valence electrons. The molecule has 0 saturated heterocycles. The average molecular weight is 236 g/mol. The summed E-state index contributed by atoms with van der Waals surface area (Å²) >= 11 is 1.40. The third kappa shape index (κ3) is 2.30. The molecular weight excluding hydrogens is 227 g/mol. The number of pyridine rings is 1. The maximum atomic E-state index is 13.2. The Balaban J connectivity index is 2.18. The van der Waals surface area contributed by atoms with Crippen molar-refractivity contribution >= 4 is 17.1 Å². The van der Waals surface area contributed by atoms with Crippen molar-refractivity contribution in [2.24, 2.45) is 0 Å². The van der Waals surface area contributed by atoms with E-state index in [4.69, 9.17) is 0 Å². The molecular formula is C11H9FN2OS. The Bertz CT molecular complexity index is 524. The van der Waals surface area contributed by atoms with Gasteiger partial charge >= 0.3 is 0 Å². The molecule has 0 radical (unpaired) electrons. The number of thiazole rings is 1. The van der Waals surface area contributed by atoms with Crippen LogP contribution in [0.25, 0.3) is 0 Å². The molecule has 0 spiro atoms. The van der Waals surface area contributed by atoms with E-state index >= 15 is 0 Å². The number of hydrogen-bond acceptors (Lipinski definition) is 4. The van der Waals surface area contributed by atoms with E-state index in [0.29, 0.717) is 5.01 Å². The van der Waals surface area contributed by atoms with Crippen molar-refractivity contribution in [1.29, 1.82) is 0 Å². The van der Waals surface area contributed by atoms with Gasteiger partial charge in [-0.2, -0.15) is 0 Å². The molecule has 0 atom stereocenters. The van der Waals surface area contributed by atoms with Gasteiger partial charge in [-0.15, -0.1) is 11.3 Å². The molecule has 0 N–H and O–H groups in total. The first kappa shape index (κ1) is 10.9. The molecule has 0 aliphatic heterocycles. The van der Waals surface area contributed by atoms with E-state index in [2.05, 4.69) is 9.97 Å². The van der Waals surface area contributed by atoms with Gasteiger partial charge in [0.2, 0.25) is 0 Å². The summed E-state index contributed by atoms with van der Waals surface area (Å²) in [6.07, 6.45) is 1.51. The normalized spacial score (nSPS) is 10.4. The Hall–Kier alpha value is -1.62. The van der Waals surface area contributed by atoms with Crippen LogP contribution in [0.1, 0.15) is 21.2 Å². The molecule has 0 bridgehead atoms. The molecule has 16 heavy (non-hydrogen) atoms. The topological polar surface area (TPSA) is 42.9 Å². The Morgan fingerprint density at radius 2 is 2.38 bits per heavy atom. The maximum absolute atomic E-state index is 13.2. The molecule has 5 heteroatoms. The Morgan fingerprint density at radius 3 is 3.00 bits per heavy atom. The maximum Gasteiger partial charge on any atom is 0.190 e. The monoisotopic (exact) mass is 236 g/mol. The Kier molecular flexibility index (Phi) is 3.05. The highest BCUT2D eigenvalue weighted by atomic mass is 32.1. The van der Waals surface area contributed by atoms with E-state index < -0.39 is 5.82 Å². The number of ketones is 1. The van der Waals surface area contributed by atoms with E-state index in [1.807, 2.05) is 12.3 Å². The summed E-state index contributed by atoms with van der Waals surface area (Å²) in [6.45, 7) is 1.85. The van der Waals surface area contributed by atoms with Crippen molar-refractivity contribution in [2.45, 2.75) is 13.3 Å². The second-order valence-corrected chi connectivity index (χ2v) is 4.26. The van der Waals surface area contributed by atoms with Crippen LogP contribution in [0.15, 0.2) is 23.7 Å². The van der Waals surface area contributed by atoms with Crippen LogP contribution in [0.3, 0.4) is 0 Å². The lowest BCUT2D eigenvalue weighted by Crippen LogP contribution is -2.08. The molecule has 0 aromatic carbocycles. The van der Waals surface area contributed by atoms with Crippen molar-refractivity contribution in [2.75, 3.05) is 0 Å². The minimum absolute atomic E-state index is 0.104. The number of hydrogen-bond donors (Lipinski definition) is 0. The lowest BCUT2D eigenvalue weighted by Gasteiger charge is -1.98. The van der Waals surface area contributed by atoms with Gasteiger partial charge in [0, 0.05) is 17.3 Å². The molecule has 2 rings (SSSR count). The number of carbonyl (C=O) groups excluding carboxylic acids is 1. The summed E-state index contributed by atoms with van der Waals surface area (Å²) in [6, 6.07) is 2.69. The van der Waals surface area contributed by atoms with Gasteiger partial charge in [0.15, 0.2) is 11.6 Å². The lowest BCUT2D eigenvalue weighted by atomic mass is 10.2. The SMILES string of the molecule is Cc1csc(CC(=O)c2ncccc2F)n1. The zero-order valence-electron chi connectivity index (χ0n) is 8.61. The standard InChI is InChI=1S/C11H9FN2OS/c1-7-6-16-10(14-7)5-9(15)11-8(12)3-2-4-13-11/h2-4,6H,5H2,1H3. The van der Waals surface area contributed by atoms with Crippen LogP contribution in [-0.4, -0.2) is 15.8 Å². The molecule has 0 aliphatic rings. The van der Waals surface area contributed by atoms with Gasteiger partial charge in [0.25, 0.3) is 0 Å². The van der Waals surface area contributed by atoms with Gasteiger partial charge in [0.1, 0.15) is 10.7 Å². The van der Waals surface area contributed by atoms with Gasteiger partial charge in [-0.1, -0.05) is 0 Å². The van der Waals surface area contributed by atoms with Crippen molar-refractivity contribution < 1.29 is 9.18 Å². The van der Waals surface area contributed by atoms with Crippen LogP contribution in [0, 0.1) is 12.7 Å². The van der Waals surface area contributed by atoms with E-state index in [1.54, 1.807) is 0 Å². The molecule has 0 unspecified atom stereocenters. The smallest absolute Gasteiger partial charge is 0.190 e. The number of rotatable bonds is 3. The van der Waals surface area contributed by atoms with Crippen LogP contribution < -0.4 is 0 Å². The first-order valence-electron chi connectivity index (χ1n) is 4.71. The van der Waals surface area contributed by atoms with E-state index in [1.165, 1.54) is 29.7 Å². The second kappa shape index (κ2) is 4.49. The fourth-order valence-electron chi connectivity index (χ4n) is 1.30. The number of halogens is 1. The molecule has 0 aliphatic carbocycles. The third-order valence-corrected chi connectivity index (χ3v) is 2.97. The van der Waals surface area contributed by atoms with E-state index in [-0.39, 0.29) is 17.9 Å². The fraction of sp³-hybridized carbons (Fsp3) is 0.182. The molecule has 0 saturated carbocycles. The largest absolute Gasteiger partial charge is 0.292 e. The van der Waals surface area contributed by atoms with Crippen molar-refractivity contribution in [3.63, 3.8) is 0 Å². The lowest BCUT2D eigenvalue weighted by molar-refractivity contribution is 0.0984.